The Morgan fingerprint density at radius 2 is 1.89 bits per heavy atom. The normalized spacial score (nSPS) is 23.2. The third-order valence-corrected chi connectivity index (χ3v) is 7.03. The van der Waals surface area contributed by atoms with E-state index in [1.807, 2.05) is 0 Å². The Balaban J connectivity index is 1.38. The summed E-state index contributed by atoms with van der Waals surface area (Å²) >= 11 is 0. The summed E-state index contributed by atoms with van der Waals surface area (Å²) in [5.41, 5.74) is 4.46. The molecule has 1 saturated carbocycles. The summed E-state index contributed by atoms with van der Waals surface area (Å²) in [7, 11) is 0. The van der Waals surface area contributed by atoms with E-state index in [2.05, 4.69) is 40.6 Å². The Bertz CT molecular complexity index is 690. The van der Waals surface area contributed by atoms with Gasteiger partial charge in [-0.25, -0.2) is 0 Å². The number of carbonyl (C=O) groups excluding carboxylic acids is 1. The van der Waals surface area contributed by atoms with Gasteiger partial charge >= 0.3 is 0 Å². The second-order valence-corrected chi connectivity index (χ2v) is 8.91. The highest BCUT2D eigenvalue weighted by atomic mass is 16.2. The van der Waals surface area contributed by atoms with Crippen molar-refractivity contribution < 1.29 is 4.79 Å². The summed E-state index contributed by atoms with van der Waals surface area (Å²) in [6, 6.07) is 9.13. The van der Waals surface area contributed by atoms with Gasteiger partial charge in [0, 0.05) is 6.54 Å². The molecule has 0 spiro atoms. The monoisotopic (exact) mass is 380 g/mol. The molecule has 0 bridgehead atoms. The second kappa shape index (κ2) is 9.73. The van der Waals surface area contributed by atoms with Crippen LogP contribution in [0.5, 0.6) is 0 Å². The maximum absolute atomic E-state index is 13.2. The van der Waals surface area contributed by atoms with E-state index in [9.17, 15) is 4.79 Å². The average molecular weight is 381 g/mol. The smallest absolute Gasteiger partial charge is 0.237 e. The molecular formula is C25H36N2O. The molecule has 3 nitrogen and oxygen atoms in total. The maximum Gasteiger partial charge on any atom is 0.237 e. The zero-order chi connectivity index (χ0) is 19.2. The minimum atomic E-state index is 0.292. The number of amides is 1. The zero-order valence-electron chi connectivity index (χ0n) is 17.3. The molecule has 1 aliphatic heterocycles. The molecule has 1 atom stereocenters. The zero-order valence-corrected chi connectivity index (χ0v) is 17.3. The van der Waals surface area contributed by atoms with Crippen molar-refractivity contribution in [2.24, 2.45) is 5.92 Å². The molecule has 1 aromatic carbocycles. The number of nitrogens with zero attached hydrogens (tertiary/aromatic N) is 1. The lowest BCUT2D eigenvalue weighted by molar-refractivity contribution is -0.134. The SMILES string of the molecule is O=C(CNCCC1=CCCCC1)N1CCc2ccccc2C1C1CCCCC1. The van der Waals surface area contributed by atoms with Gasteiger partial charge in [-0.1, -0.05) is 55.2 Å². The first-order valence-electron chi connectivity index (χ1n) is 11.6. The summed E-state index contributed by atoms with van der Waals surface area (Å²) in [6.07, 6.45) is 16.2. The lowest BCUT2D eigenvalue weighted by Crippen LogP contribution is -2.47. The van der Waals surface area contributed by atoms with Gasteiger partial charge in [-0.2, -0.15) is 0 Å². The number of carbonyl (C=O) groups is 1. The molecule has 1 fully saturated rings. The largest absolute Gasteiger partial charge is 0.334 e. The first kappa shape index (κ1) is 19.7. The standard InChI is InChI=1S/C25H36N2O/c28-24(19-26-17-15-20-9-3-1-4-10-20)27-18-16-21-11-7-8-14-23(21)25(27)22-12-5-2-6-13-22/h7-9,11,14,22,25-26H,1-6,10,12-13,15-19H2. The van der Waals surface area contributed by atoms with Crippen LogP contribution in [0.25, 0.3) is 0 Å². The molecule has 0 saturated heterocycles. The van der Waals surface area contributed by atoms with Gasteiger partial charge in [-0.15, -0.1) is 0 Å². The molecule has 0 radical (unpaired) electrons. The molecule has 1 aromatic rings. The van der Waals surface area contributed by atoms with E-state index >= 15 is 0 Å². The number of fused-ring (bicyclic) bond motifs is 1. The van der Waals surface area contributed by atoms with Crippen LogP contribution in [0.2, 0.25) is 0 Å². The number of rotatable bonds is 6. The van der Waals surface area contributed by atoms with Gasteiger partial charge in [-0.3, -0.25) is 4.79 Å². The number of nitrogens with one attached hydrogen (secondary N) is 1. The van der Waals surface area contributed by atoms with Gasteiger partial charge in [0.25, 0.3) is 0 Å². The molecule has 3 aliphatic rings. The Morgan fingerprint density at radius 1 is 1.04 bits per heavy atom. The molecular weight excluding hydrogens is 344 g/mol. The van der Waals surface area contributed by atoms with Crippen LogP contribution in [0, 0.1) is 5.92 Å². The maximum atomic E-state index is 13.2. The molecule has 3 heteroatoms. The van der Waals surface area contributed by atoms with Crippen LogP contribution in [0.15, 0.2) is 35.9 Å². The van der Waals surface area contributed by atoms with Crippen LogP contribution in [0.1, 0.15) is 81.4 Å². The van der Waals surface area contributed by atoms with Crippen molar-refractivity contribution in [1.29, 1.82) is 0 Å². The van der Waals surface area contributed by atoms with Gasteiger partial charge in [0.05, 0.1) is 12.6 Å². The lowest BCUT2D eigenvalue weighted by atomic mass is 9.77. The first-order valence-corrected chi connectivity index (χ1v) is 11.6. The van der Waals surface area contributed by atoms with Crippen molar-refractivity contribution in [3.63, 3.8) is 0 Å². The Hall–Kier alpha value is -1.61. The summed E-state index contributed by atoms with van der Waals surface area (Å²) in [4.78, 5) is 15.4. The number of allylic oxidation sites excluding steroid dienone is 1. The van der Waals surface area contributed by atoms with Crippen LogP contribution in [-0.4, -0.2) is 30.4 Å². The fraction of sp³-hybridized carbons (Fsp3) is 0.640. The van der Waals surface area contributed by atoms with Crippen molar-refractivity contribution in [3.8, 4) is 0 Å². The predicted molar refractivity (Wildman–Crippen MR) is 115 cm³/mol. The fourth-order valence-corrected chi connectivity index (χ4v) is 5.51. The molecule has 28 heavy (non-hydrogen) atoms. The summed E-state index contributed by atoms with van der Waals surface area (Å²) in [6.45, 7) is 2.29. The molecule has 0 aromatic heterocycles. The molecule has 1 N–H and O–H groups in total. The van der Waals surface area contributed by atoms with Crippen LogP contribution in [0.3, 0.4) is 0 Å². The highest BCUT2D eigenvalue weighted by molar-refractivity contribution is 5.79. The van der Waals surface area contributed by atoms with Gasteiger partial charge < -0.3 is 10.2 Å². The van der Waals surface area contributed by atoms with Crippen molar-refractivity contribution in [2.45, 2.75) is 76.7 Å². The van der Waals surface area contributed by atoms with E-state index in [4.69, 9.17) is 0 Å². The topological polar surface area (TPSA) is 32.3 Å². The van der Waals surface area contributed by atoms with Gasteiger partial charge in [0.1, 0.15) is 0 Å². The van der Waals surface area contributed by atoms with Crippen molar-refractivity contribution >= 4 is 5.91 Å². The number of hydrogen-bond acceptors (Lipinski definition) is 2. The van der Waals surface area contributed by atoms with Gasteiger partial charge in [0.15, 0.2) is 0 Å². The third kappa shape index (κ3) is 4.68. The van der Waals surface area contributed by atoms with Gasteiger partial charge in [0.2, 0.25) is 5.91 Å². The molecule has 1 heterocycles. The Kier molecular flexibility index (Phi) is 6.85. The fourth-order valence-electron chi connectivity index (χ4n) is 5.51. The Labute approximate surface area is 170 Å². The molecule has 2 aliphatic carbocycles. The second-order valence-electron chi connectivity index (χ2n) is 8.91. The third-order valence-electron chi connectivity index (χ3n) is 7.03. The van der Waals surface area contributed by atoms with E-state index in [1.54, 1.807) is 5.57 Å². The number of benzene rings is 1. The summed E-state index contributed by atoms with van der Waals surface area (Å²) < 4.78 is 0. The van der Waals surface area contributed by atoms with E-state index < -0.39 is 0 Å². The quantitative estimate of drug-likeness (QED) is 0.545. The van der Waals surface area contributed by atoms with Crippen molar-refractivity contribution in [2.75, 3.05) is 19.6 Å². The van der Waals surface area contributed by atoms with E-state index in [-0.39, 0.29) is 0 Å². The predicted octanol–water partition coefficient (Wildman–Crippen LogP) is 5.17. The molecule has 4 rings (SSSR count). The lowest BCUT2D eigenvalue weighted by Gasteiger charge is -2.43. The minimum absolute atomic E-state index is 0.292. The van der Waals surface area contributed by atoms with Gasteiger partial charge in [-0.05, 0) is 75.0 Å². The van der Waals surface area contributed by atoms with Crippen LogP contribution < -0.4 is 5.32 Å². The summed E-state index contributed by atoms with van der Waals surface area (Å²) in [5, 5.41) is 3.45. The summed E-state index contributed by atoms with van der Waals surface area (Å²) in [5.74, 6) is 0.925. The van der Waals surface area contributed by atoms with E-state index in [1.165, 1.54) is 68.9 Å². The van der Waals surface area contributed by atoms with Crippen molar-refractivity contribution in [1.82, 2.24) is 10.2 Å². The highest BCUT2D eigenvalue weighted by Gasteiger charge is 2.36. The Morgan fingerprint density at radius 3 is 2.71 bits per heavy atom. The molecule has 152 valence electrons. The van der Waals surface area contributed by atoms with Crippen LogP contribution in [0.4, 0.5) is 0 Å². The highest BCUT2D eigenvalue weighted by Crippen LogP contribution is 2.41. The van der Waals surface area contributed by atoms with Crippen molar-refractivity contribution in [3.05, 3.63) is 47.0 Å². The number of hydrogen-bond donors (Lipinski definition) is 1. The minimum Gasteiger partial charge on any atom is -0.334 e. The van der Waals surface area contributed by atoms with Crippen LogP contribution in [-0.2, 0) is 11.2 Å². The van der Waals surface area contributed by atoms with E-state index in [0.29, 0.717) is 24.4 Å². The average Bonchev–Trinajstić information content (AvgIpc) is 2.77. The molecule has 1 unspecified atom stereocenters. The van der Waals surface area contributed by atoms with Crippen LogP contribution >= 0.6 is 0 Å². The van der Waals surface area contributed by atoms with E-state index in [0.717, 1.165) is 25.9 Å². The first-order chi connectivity index (χ1) is 13.8. The molecule has 1 amide bonds.